The van der Waals surface area contributed by atoms with E-state index in [1.54, 1.807) is 5.56 Å². The fourth-order valence-electron chi connectivity index (χ4n) is 2.60. The third-order valence-corrected chi connectivity index (χ3v) is 4.53. The Labute approximate surface area is 115 Å². The van der Waals surface area contributed by atoms with Crippen LogP contribution in [-0.4, -0.2) is 10.7 Å². The highest BCUT2D eigenvalue weighted by Crippen LogP contribution is 2.37. The van der Waals surface area contributed by atoms with Gasteiger partial charge in [-0.1, -0.05) is 39.8 Å². The SMILES string of the molecule is CC(C)c1cncc2c1C(C(C)C)/C=C\CSC2. The van der Waals surface area contributed by atoms with E-state index in [0.29, 0.717) is 17.8 Å². The summed E-state index contributed by atoms with van der Waals surface area (Å²) in [5, 5.41) is 0. The molecule has 1 nitrogen and oxygen atoms in total. The Morgan fingerprint density at radius 1 is 1.22 bits per heavy atom. The van der Waals surface area contributed by atoms with E-state index in [9.17, 15) is 0 Å². The van der Waals surface area contributed by atoms with Crippen LogP contribution < -0.4 is 0 Å². The number of thioether (sulfide) groups is 1. The first kappa shape index (κ1) is 13.7. The Balaban J connectivity index is 2.57. The van der Waals surface area contributed by atoms with Crippen LogP contribution in [0, 0.1) is 5.92 Å². The van der Waals surface area contributed by atoms with Gasteiger partial charge in [-0.2, -0.15) is 11.8 Å². The maximum absolute atomic E-state index is 4.45. The van der Waals surface area contributed by atoms with Gasteiger partial charge in [0.05, 0.1) is 0 Å². The van der Waals surface area contributed by atoms with Crippen LogP contribution in [0.5, 0.6) is 0 Å². The van der Waals surface area contributed by atoms with Crippen LogP contribution in [0.25, 0.3) is 0 Å². The second-order valence-corrected chi connectivity index (χ2v) is 6.70. The summed E-state index contributed by atoms with van der Waals surface area (Å²) in [4.78, 5) is 4.45. The molecule has 1 aromatic rings. The molecule has 2 heteroatoms. The van der Waals surface area contributed by atoms with E-state index in [-0.39, 0.29) is 0 Å². The minimum Gasteiger partial charge on any atom is -0.264 e. The molecule has 0 saturated heterocycles. The molecule has 1 aliphatic heterocycles. The van der Waals surface area contributed by atoms with Gasteiger partial charge in [0, 0.05) is 29.8 Å². The van der Waals surface area contributed by atoms with Crippen LogP contribution in [0.4, 0.5) is 0 Å². The fraction of sp³-hybridized carbons (Fsp3) is 0.562. The summed E-state index contributed by atoms with van der Waals surface area (Å²) < 4.78 is 0. The molecule has 0 amide bonds. The van der Waals surface area contributed by atoms with E-state index in [1.165, 1.54) is 11.1 Å². The average Bonchev–Trinajstić information content (AvgIpc) is 2.28. The summed E-state index contributed by atoms with van der Waals surface area (Å²) >= 11 is 1.98. The smallest absolute Gasteiger partial charge is 0.0311 e. The van der Waals surface area contributed by atoms with Crippen molar-refractivity contribution in [1.82, 2.24) is 4.98 Å². The van der Waals surface area contributed by atoms with Gasteiger partial charge in [-0.25, -0.2) is 0 Å². The summed E-state index contributed by atoms with van der Waals surface area (Å²) in [5.74, 6) is 3.95. The Morgan fingerprint density at radius 3 is 2.67 bits per heavy atom. The molecule has 18 heavy (non-hydrogen) atoms. The summed E-state index contributed by atoms with van der Waals surface area (Å²) in [5.41, 5.74) is 4.41. The zero-order valence-electron chi connectivity index (χ0n) is 11.8. The van der Waals surface area contributed by atoms with E-state index in [4.69, 9.17) is 0 Å². The van der Waals surface area contributed by atoms with E-state index in [0.717, 1.165) is 11.5 Å². The quantitative estimate of drug-likeness (QED) is 0.713. The van der Waals surface area contributed by atoms with E-state index < -0.39 is 0 Å². The molecule has 0 aliphatic carbocycles. The van der Waals surface area contributed by atoms with Crippen molar-refractivity contribution in [3.05, 3.63) is 41.2 Å². The van der Waals surface area contributed by atoms with Gasteiger partial charge in [-0.3, -0.25) is 4.98 Å². The zero-order valence-corrected chi connectivity index (χ0v) is 12.6. The topological polar surface area (TPSA) is 12.9 Å². The molecule has 1 aliphatic rings. The highest BCUT2D eigenvalue weighted by atomic mass is 32.2. The van der Waals surface area contributed by atoms with Crippen molar-refractivity contribution >= 4 is 11.8 Å². The molecule has 1 unspecified atom stereocenters. The number of nitrogens with zero attached hydrogens (tertiary/aromatic N) is 1. The third kappa shape index (κ3) is 2.80. The number of hydrogen-bond donors (Lipinski definition) is 0. The molecule has 1 aromatic heterocycles. The standard InChI is InChI=1S/C16H23NS/c1-11(2)14-6-5-7-18-10-13-8-17-9-15(12(3)4)16(13)14/h5-6,8-9,11-12,14H,7,10H2,1-4H3/b6-5-. The van der Waals surface area contributed by atoms with Crippen LogP contribution in [0.3, 0.4) is 0 Å². The molecule has 98 valence electrons. The first-order valence-corrected chi connectivity index (χ1v) is 7.97. The van der Waals surface area contributed by atoms with Crippen LogP contribution in [0.2, 0.25) is 0 Å². The highest BCUT2D eigenvalue weighted by Gasteiger charge is 2.22. The van der Waals surface area contributed by atoms with E-state index >= 15 is 0 Å². The van der Waals surface area contributed by atoms with Crippen molar-refractivity contribution in [3.8, 4) is 0 Å². The molecule has 0 fully saturated rings. The van der Waals surface area contributed by atoms with Crippen LogP contribution >= 0.6 is 11.8 Å². The van der Waals surface area contributed by atoms with Crippen molar-refractivity contribution in [3.63, 3.8) is 0 Å². The average molecular weight is 261 g/mol. The molecule has 2 rings (SSSR count). The molecule has 0 bridgehead atoms. The number of aromatic nitrogens is 1. The summed E-state index contributed by atoms with van der Waals surface area (Å²) in [6.45, 7) is 9.17. The van der Waals surface area contributed by atoms with Gasteiger partial charge < -0.3 is 0 Å². The Kier molecular flexibility index (Phi) is 4.50. The van der Waals surface area contributed by atoms with Gasteiger partial charge in [0.1, 0.15) is 0 Å². The summed E-state index contributed by atoms with van der Waals surface area (Å²) in [6.07, 6.45) is 8.88. The lowest BCUT2D eigenvalue weighted by atomic mass is 9.81. The van der Waals surface area contributed by atoms with Gasteiger partial charge in [0.15, 0.2) is 0 Å². The minimum atomic E-state index is 0.543. The molecule has 0 spiro atoms. The highest BCUT2D eigenvalue weighted by molar-refractivity contribution is 7.98. The molecule has 0 N–H and O–H groups in total. The van der Waals surface area contributed by atoms with Gasteiger partial charge in [0.25, 0.3) is 0 Å². The van der Waals surface area contributed by atoms with Crippen molar-refractivity contribution in [2.45, 2.75) is 45.3 Å². The van der Waals surface area contributed by atoms with Crippen molar-refractivity contribution in [2.24, 2.45) is 5.92 Å². The lowest BCUT2D eigenvalue weighted by molar-refractivity contribution is 0.566. The molecular weight excluding hydrogens is 238 g/mol. The van der Waals surface area contributed by atoms with Gasteiger partial charge >= 0.3 is 0 Å². The molecule has 0 radical (unpaired) electrons. The van der Waals surface area contributed by atoms with Gasteiger partial charge in [0.2, 0.25) is 0 Å². The number of allylic oxidation sites excluding steroid dienone is 1. The van der Waals surface area contributed by atoms with E-state index in [2.05, 4.69) is 57.2 Å². The van der Waals surface area contributed by atoms with E-state index in [1.807, 2.05) is 11.8 Å². The number of hydrogen-bond acceptors (Lipinski definition) is 2. The molecule has 0 saturated carbocycles. The lowest BCUT2D eigenvalue weighted by Gasteiger charge is -2.26. The maximum Gasteiger partial charge on any atom is 0.0311 e. The second kappa shape index (κ2) is 5.92. The second-order valence-electron chi connectivity index (χ2n) is 5.67. The summed E-state index contributed by atoms with van der Waals surface area (Å²) in [7, 11) is 0. The predicted molar refractivity (Wildman–Crippen MR) is 81.2 cm³/mol. The molecular formula is C16H23NS. The molecule has 1 atom stereocenters. The number of fused-ring (bicyclic) bond motifs is 1. The Hall–Kier alpha value is -0.760. The van der Waals surface area contributed by atoms with Crippen molar-refractivity contribution in [1.29, 1.82) is 0 Å². The Morgan fingerprint density at radius 2 is 2.00 bits per heavy atom. The Bertz CT molecular complexity index is 435. The van der Waals surface area contributed by atoms with Crippen LogP contribution in [-0.2, 0) is 5.75 Å². The molecule has 0 aromatic carbocycles. The largest absolute Gasteiger partial charge is 0.264 e. The van der Waals surface area contributed by atoms with Crippen LogP contribution in [0.15, 0.2) is 24.5 Å². The normalized spacial score (nSPS) is 21.6. The zero-order chi connectivity index (χ0) is 13.1. The maximum atomic E-state index is 4.45. The van der Waals surface area contributed by atoms with Crippen molar-refractivity contribution < 1.29 is 0 Å². The predicted octanol–water partition coefficient (Wildman–Crippen LogP) is 4.75. The first-order chi connectivity index (χ1) is 8.61. The van der Waals surface area contributed by atoms with Gasteiger partial charge in [-0.05, 0) is 28.5 Å². The minimum absolute atomic E-state index is 0.543. The fourth-order valence-corrected chi connectivity index (χ4v) is 3.42. The molecule has 2 heterocycles. The third-order valence-electron chi connectivity index (χ3n) is 3.59. The number of rotatable bonds is 2. The van der Waals surface area contributed by atoms with Gasteiger partial charge in [-0.15, -0.1) is 0 Å². The summed E-state index contributed by atoms with van der Waals surface area (Å²) in [6, 6.07) is 0. The first-order valence-electron chi connectivity index (χ1n) is 6.82. The van der Waals surface area contributed by atoms with Crippen LogP contribution in [0.1, 0.15) is 56.2 Å². The number of pyridine rings is 1. The monoisotopic (exact) mass is 261 g/mol. The lowest BCUT2D eigenvalue weighted by Crippen LogP contribution is -2.13. The van der Waals surface area contributed by atoms with Crippen molar-refractivity contribution in [2.75, 3.05) is 5.75 Å².